The Labute approximate surface area is 119 Å². The highest BCUT2D eigenvalue weighted by molar-refractivity contribution is 9.10. The Kier molecular flexibility index (Phi) is 5.87. The number of ether oxygens (including phenoxy) is 2. The maximum absolute atomic E-state index is 5.47. The summed E-state index contributed by atoms with van der Waals surface area (Å²) in [6, 6.07) is 3.63. The van der Waals surface area contributed by atoms with E-state index in [4.69, 9.17) is 15.2 Å². The third-order valence-electron chi connectivity index (χ3n) is 1.96. The normalized spacial score (nSPS) is 10.4. The molecule has 7 heteroatoms. The fraction of sp³-hybridized carbons (Fsp3) is 0.273. The van der Waals surface area contributed by atoms with Gasteiger partial charge in [0, 0.05) is 10.0 Å². The van der Waals surface area contributed by atoms with Gasteiger partial charge in [-0.25, -0.2) is 0 Å². The van der Waals surface area contributed by atoms with Gasteiger partial charge < -0.3 is 15.2 Å². The number of halogens is 1. The summed E-state index contributed by atoms with van der Waals surface area (Å²) in [5, 5.41) is 4.00. The topological polar surface area (TPSA) is 68.9 Å². The van der Waals surface area contributed by atoms with Crippen LogP contribution in [0.5, 0.6) is 11.5 Å². The molecule has 0 saturated heterocycles. The van der Waals surface area contributed by atoms with Crippen LogP contribution < -0.4 is 20.6 Å². The number of benzene rings is 1. The molecule has 1 aromatic rings. The second-order valence-electron chi connectivity index (χ2n) is 3.19. The average Bonchev–Trinajstić information content (AvgIpc) is 2.32. The number of thiocarbonyl (C=S) groups is 1. The average molecular weight is 332 g/mol. The molecule has 0 bridgehead atoms. The van der Waals surface area contributed by atoms with Gasteiger partial charge in [0.05, 0.1) is 19.9 Å². The van der Waals surface area contributed by atoms with Crippen LogP contribution in [0.3, 0.4) is 0 Å². The SMILES string of the molecule is CCOc1cc(/C=N/NC(N)=S)c(Br)cc1OC. The highest BCUT2D eigenvalue weighted by atomic mass is 79.9. The molecular weight excluding hydrogens is 318 g/mol. The van der Waals surface area contributed by atoms with Crippen molar-refractivity contribution in [2.45, 2.75) is 6.92 Å². The van der Waals surface area contributed by atoms with Crippen molar-refractivity contribution in [3.63, 3.8) is 0 Å². The van der Waals surface area contributed by atoms with Gasteiger partial charge in [0.2, 0.25) is 0 Å². The van der Waals surface area contributed by atoms with Crippen LogP contribution in [0.4, 0.5) is 0 Å². The van der Waals surface area contributed by atoms with Crippen LogP contribution in [-0.4, -0.2) is 25.0 Å². The first-order valence-electron chi connectivity index (χ1n) is 5.17. The molecule has 0 amide bonds. The minimum Gasteiger partial charge on any atom is -0.493 e. The largest absolute Gasteiger partial charge is 0.493 e. The predicted molar refractivity (Wildman–Crippen MR) is 79.4 cm³/mol. The van der Waals surface area contributed by atoms with Crippen LogP contribution in [0.2, 0.25) is 0 Å². The zero-order valence-electron chi connectivity index (χ0n) is 10.1. The molecule has 0 fully saturated rings. The van der Waals surface area contributed by atoms with Crippen molar-refractivity contribution < 1.29 is 9.47 Å². The number of nitrogens with two attached hydrogens (primary N) is 1. The van der Waals surface area contributed by atoms with Gasteiger partial charge in [-0.1, -0.05) is 0 Å². The minimum absolute atomic E-state index is 0.112. The summed E-state index contributed by atoms with van der Waals surface area (Å²) in [6.45, 7) is 2.46. The summed E-state index contributed by atoms with van der Waals surface area (Å²) in [4.78, 5) is 0. The maximum atomic E-state index is 5.47. The Morgan fingerprint density at radius 3 is 2.83 bits per heavy atom. The van der Waals surface area contributed by atoms with E-state index in [0.29, 0.717) is 18.1 Å². The maximum Gasteiger partial charge on any atom is 0.184 e. The number of rotatable bonds is 5. The molecule has 0 unspecified atom stereocenters. The smallest absolute Gasteiger partial charge is 0.184 e. The fourth-order valence-electron chi connectivity index (χ4n) is 1.24. The standard InChI is InChI=1S/C11H14BrN3O2S/c1-3-17-10-4-7(6-14-15-11(13)18)8(12)5-9(10)16-2/h4-6H,3H2,1-2H3,(H3,13,15,18)/b14-6+. The van der Waals surface area contributed by atoms with E-state index in [0.717, 1.165) is 10.0 Å². The molecule has 0 radical (unpaired) electrons. The van der Waals surface area contributed by atoms with E-state index in [9.17, 15) is 0 Å². The summed E-state index contributed by atoms with van der Waals surface area (Å²) in [6.07, 6.45) is 1.59. The summed E-state index contributed by atoms with van der Waals surface area (Å²) in [5.74, 6) is 1.31. The number of hydrogen-bond acceptors (Lipinski definition) is 4. The van der Waals surface area contributed by atoms with Crippen molar-refractivity contribution in [2.75, 3.05) is 13.7 Å². The van der Waals surface area contributed by atoms with E-state index < -0.39 is 0 Å². The molecule has 3 N–H and O–H groups in total. The van der Waals surface area contributed by atoms with Crippen molar-refractivity contribution >= 4 is 39.5 Å². The van der Waals surface area contributed by atoms with Gasteiger partial charge in [-0.3, -0.25) is 5.43 Å². The summed E-state index contributed by atoms with van der Waals surface area (Å²) >= 11 is 8.07. The molecular formula is C11H14BrN3O2S. The molecule has 0 atom stereocenters. The number of hydrogen-bond donors (Lipinski definition) is 2. The van der Waals surface area contributed by atoms with Crippen LogP contribution in [-0.2, 0) is 0 Å². The second kappa shape index (κ2) is 7.17. The molecule has 0 aromatic heterocycles. The molecule has 0 saturated carbocycles. The van der Waals surface area contributed by atoms with Gasteiger partial charge in [-0.15, -0.1) is 0 Å². The molecule has 0 aliphatic heterocycles. The van der Waals surface area contributed by atoms with Crippen molar-refractivity contribution in [2.24, 2.45) is 10.8 Å². The number of nitrogens with one attached hydrogen (secondary N) is 1. The molecule has 5 nitrogen and oxygen atoms in total. The molecule has 18 heavy (non-hydrogen) atoms. The summed E-state index contributed by atoms with van der Waals surface area (Å²) in [7, 11) is 1.59. The monoisotopic (exact) mass is 331 g/mol. The number of hydrazone groups is 1. The zero-order chi connectivity index (χ0) is 13.5. The lowest BCUT2D eigenvalue weighted by molar-refractivity contribution is 0.311. The van der Waals surface area contributed by atoms with Gasteiger partial charge in [-0.2, -0.15) is 5.10 Å². The van der Waals surface area contributed by atoms with Gasteiger partial charge in [0.1, 0.15) is 0 Å². The molecule has 0 aliphatic carbocycles. The first kappa shape index (κ1) is 14.7. The lowest BCUT2D eigenvalue weighted by Crippen LogP contribution is -2.24. The summed E-state index contributed by atoms with van der Waals surface area (Å²) < 4.78 is 11.5. The quantitative estimate of drug-likeness (QED) is 0.491. The Balaban J connectivity index is 3.01. The molecule has 1 aromatic carbocycles. The van der Waals surface area contributed by atoms with Gasteiger partial charge in [-0.05, 0) is 47.2 Å². The van der Waals surface area contributed by atoms with Crippen LogP contribution in [0, 0.1) is 0 Å². The van der Waals surface area contributed by atoms with Crippen LogP contribution in [0.1, 0.15) is 12.5 Å². The first-order valence-corrected chi connectivity index (χ1v) is 6.37. The predicted octanol–water partition coefficient (Wildman–Crippen LogP) is 2.02. The molecule has 0 heterocycles. The van der Waals surface area contributed by atoms with Crippen LogP contribution in [0.25, 0.3) is 0 Å². The Hall–Kier alpha value is -1.34. The minimum atomic E-state index is 0.112. The molecule has 0 aliphatic rings. The van der Waals surface area contributed by atoms with E-state index >= 15 is 0 Å². The van der Waals surface area contributed by atoms with E-state index in [-0.39, 0.29) is 5.11 Å². The van der Waals surface area contributed by atoms with E-state index in [1.807, 2.05) is 19.1 Å². The van der Waals surface area contributed by atoms with Crippen molar-refractivity contribution in [3.8, 4) is 11.5 Å². The third kappa shape index (κ3) is 4.15. The molecule has 1 rings (SSSR count). The van der Waals surface area contributed by atoms with Gasteiger partial charge in [0.15, 0.2) is 16.6 Å². The lowest BCUT2D eigenvalue weighted by atomic mass is 10.2. The zero-order valence-corrected chi connectivity index (χ0v) is 12.5. The van der Waals surface area contributed by atoms with Crippen LogP contribution >= 0.6 is 28.1 Å². The van der Waals surface area contributed by atoms with Crippen LogP contribution in [0.15, 0.2) is 21.7 Å². The van der Waals surface area contributed by atoms with E-state index in [1.165, 1.54) is 0 Å². The van der Waals surface area contributed by atoms with Crippen molar-refractivity contribution in [3.05, 3.63) is 22.2 Å². The van der Waals surface area contributed by atoms with E-state index in [2.05, 4.69) is 38.7 Å². The third-order valence-corrected chi connectivity index (χ3v) is 2.74. The van der Waals surface area contributed by atoms with Gasteiger partial charge >= 0.3 is 0 Å². The Morgan fingerprint density at radius 2 is 2.28 bits per heavy atom. The first-order chi connectivity index (χ1) is 8.58. The Bertz CT molecular complexity index is 466. The van der Waals surface area contributed by atoms with Crippen molar-refractivity contribution in [1.29, 1.82) is 0 Å². The van der Waals surface area contributed by atoms with E-state index in [1.54, 1.807) is 13.3 Å². The highest BCUT2D eigenvalue weighted by Gasteiger charge is 2.08. The number of nitrogens with zero attached hydrogens (tertiary/aromatic N) is 1. The lowest BCUT2D eigenvalue weighted by Gasteiger charge is -2.11. The number of methoxy groups -OCH3 is 1. The van der Waals surface area contributed by atoms with Crippen molar-refractivity contribution in [1.82, 2.24) is 5.43 Å². The Morgan fingerprint density at radius 1 is 1.56 bits per heavy atom. The fourth-order valence-corrected chi connectivity index (χ4v) is 1.72. The highest BCUT2D eigenvalue weighted by Crippen LogP contribution is 2.32. The molecule has 0 spiro atoms. The van der Waals surface area contributed by atoms with Gasteiger partial charge in [0.25, 0.3) is 0 Å². The second-order valence-corrected chi connectivity index (χ2v) is 4.49. The summed E-state index contributed by atoms with van der Waals surface area (Å²) in [5.41, 5.74) is 8.58. The molecule has 98 valence electrons.